The minimum atomic E-state index is 0.696. The second-order valence-corrected chi connectivity index (χ2v) is 5.03. The first-order valence-electron chi connectivity index (χ1n) is 6.37. The molecular weight excluding hydrogens is 238 g/mol. The number of fused-ring (bicyclic) bond motifs is 1. The van der Waals surface area contributed by atoms with Gasteiger partial charge in [-0.2, -0.15) is 10.2 Å². The maximum absolute atomic E-state index is 4.51. The molecule has 0 fully saturated rings. The standard InChI is InChI=1S/C14H17N5/c1-8-6-12-14(11(4)15-8)13(17-16-12)7-19-10(3)5-9(2)18-19/h5-6H,7H2,1-4H3,(H,16,17). The van der Waals surface area contributed by atoms with Crippen LogP contribution in [0.2, 0.25) is 0 Å². The van der Waals surface area contributed by atoms with Gasteiger partial charge in [0, 0.05) is 22.5 Å². The van der Waals surface area contributed by atoms with Gasteiger partial charge in [0.2, 0.25) is 0 Å². The van der Waals surface area contributed by atoms with E-state index in [4.69, 9.17) is 0 Å². The molecule has 3 rings (SSSR count). The van der Waals surface area contributed by atoms with Gasteiger partial charge in [-0.25, -0.2) is 0 Å². The number of H-pyrrole nitrogens is 1. The smallest absolute Gasteiger partial charge is 0.0960 e. The second kappa shape index (κ2) is 4.19. The molecule has 0 spiro atoms. The van der Waals surface area contributed by atoms with Crippen LogP contribution < -0.4 is 0 Å². The van der Waals surface area contributed by atoms with Crippen LogP contribution in [0.15, 0.2) is 12.1 Å². The van der Waals surface area contributed by atoms with Crippen molar-refractivity contribution >= 4 is 10.9 Å². The number of nitrogens with one attached hydrogen (secondary N) is 1. The predicted octanol–water partition coefficient (Wildman–Crippen LogP) is 2.44. The molecule has 0 aromatic carbocycles. The minimum absolute atomic E-state index is 0.696. The van der Waals surface area contributed by atoms with Gasteiger partial charge in [0.25, 0.3) is 0 Å². The predicted molar refractivity (Wildman–Crippen MR) is 74.2 cm³/mol. The van der Waals surface area contributed by atoms with E-state index in [0.717, 1.165) is 39.4 Å². The van der Waals surface area contributed by atoms with Crippen molar-refractivity contribution in [3.63, 3.8) is 0 Å². The Bertz CT molecular complexity index is 751. The SMILES string of the molecule is Cc1cc2n[nH]c(Cn3nc(C)cc3C)c2c(C)n1. The number of hydrogen-bond donors (Lipinski definition) is 1. The van der Waals surface area contributed by atoms with Crippen molar-refractivity contribution in [2.45, 2.75) is 34.2 Å². The van der Waals surface area contributed by atoms with Crippen LogP contribution in [0.4, 0.5) is 0 Å². The number of hydrogen-bond acceptors (Lipinski definition) is 3. The Morgan fingerprint density at radius 3 is 2.58 bits per heavy atom. The number of aryl methyl sites for hydroxylation is 4. The molecule has 0 saturated heterocycles. The third-order valence-electron chi connectivity index (χ3n) is 3.33. The van der Waals surface area contributed by atoms with E-state index in [1.165, 1.54) is 0 Å². The van der Waals surface area contributed by atoms with Crippen molar-refractivity contribution in [2.24, 2.45) is 0 Å². The van der Waals surface area contributed by atoms with Crippen molar-refractivity contribution in [1.29, 1.82) is 0 Å². The third-order valence-corrected chi connectivity index (χ3v) is 3.33. The fourth-order valence-corrected chi connectivity index (χ4v) is 2.55. The monoisotopic (exact) mass is 255 g/mol. The van der Waals surface area contributed by atoms with Crippen LogP contribution in [0.1, 0.15) is 28.5 Å². The summed E-state index contributed by atoms with van der Waals surface area (Å²) in [4.78, 5) is 4.51. The van der Waals surface area contributed by atoms with Crippen molar-refractivity contribution in [1.82, 2.24) is 25.0 Å². The molecule has 19 heavy (non-hydrogen) atoms. The molecule has 3 heterocycles. The lowest BCUT2D eigenvalue weighted by Crippen LogP contribution is -2.05. The lowest BCUT2D eigenvalue weighted by molar-refractivity contribution is 0.647. The first-order valence-corrected chi connectivity index (χ1v) is 6.37. The van der Waals surface area contributed by atoms with Crippen molar-refractivity contribution in [2.75, 3.05) is 0 Å². The molecule has 3 aromatic rings. The minimum Gasteiger partial charge on any atom is -0.279 e. The fraction of sp³-hybridized carbons (Fsp3) is 0.357. The fourth-order valence-electron chi connectivity index (χ4n) is 2.55. The molecule has 5 nitrogen and oxygen atoms in total. The van der Waals surface area contributed by atoms with Crippen LogP contribution in [0.25, 0.3) is 10.9 Å². The molecule has 0 atom stereocenters. The average Bonchev–Trinajstić information content (AvgIpc) is 2.84. The number of nitrogens with zero attached hydrogens (tertiary/aromatic N) is 4. The van der Waals surface area contributed by atoms with Crippen molar-refractivity contribution < 1.29 is 0 Å². The maximum atomic E-state index is 4.51. The van der Waals surface area contributed by atoms with Crippen molar-refractivity contribution in [3.05, 3.63) is 40.6 Å². The molecule has 98 valence electrons. The summed E-state index contributed by atoms with van der Waals surface area (Å²) in [6.45, 7) is 8.78. The summed E-state index contributed by atoms with van der Waals surface area (Å²) in [5, 5.41) is 13.1. The van der Waals surface area contributed by atoms with Crippen LogP contribution in [0.3, 0.4) is 0 Å². The summed E-state index contributed by atoms with van der Waals surface area (Å²) >= 11 is 0. The van der Waals surface area contributed by atoms with E-state index < -0.39 is 0 Å². The Kier molecular flexibility index (Phi) is 2.62. The molecule has 0 bridgehead atoms. The Balaban J connectivity index is 2.09. The molecule has 0 radical (unpaired) electrons. The first kappa shape index (κ1) is 11.9. The van der Waals surface area contributed by atoms with Gasteiger partial charge in [0.1, 0.15) is 0 Å². The van der Waals surface area contributed by atoms with E-state index in [1.807, 2.05) is 31.5 Å². The highest BCUT2D eigenvalue weighted by atomic mass is 15.3. The summed E-state index contributed by atoms with van der Waals surface area (Å²) in [6, 6.07) is 4.08. The summed E-state index contributed by atoms with van der Waals surface area (Å²) in [5.74, 6) is 0. The molecule has 5 heteroatoms. The Hall–Kier alpha value is -2.17. The van der Waals surface area contributed by atoms with Gasteiger partial charge in [-0.3, -0.25) is 14.8 Å². The molecule has 0 aliphatic heterocycles. The molecule has 0 aliphatic carbocycles. The number of rotatable bonds is 2. The summed E-state index contributed by atoms with van der Waals surface area (Å²) in [7, 11) is 0. The molecule has 1 N–H and O–H groups in total. The lowest BCUT2D eigenvalue weighted by atomic mass is 10.1. The van der Waals surface area contributed by atoms with Gasteiger partial charge in [0.15, 0.2) is 0 Å². The van der Waals surface area contributed by atoms with E-state index in [0.29, 0.717) is 6.54 Å². The van der Waals surface area contributed by atoms with Gasteiger partial charge in [-0.1, -0.05) is 0 Å². The van der Waals surface area contributed by atoms with E-state index in [1.54, 1.807) is 0 Å². The summed E-state index contributed by atoms with van der Waals surface area (Å²) in [6.07, 6.45) is 0. The molecule has 3 aromatic heterocycles. The second-order valence-electron chi connectivity index (χ2n) is 5.03. The van der Waals surface area contributed by atoms with Gasteiger partial charge < -0.3 is 0 Å². The lowest BCUT2D eigenvalue weighted by Gasteiger charge is -2.04. The van der Waals surface area contributed by atoms with Gasteiger partial charge in [0.05, 0.1) is 23.4 Å². The maximum Gasteiger partial charge on any atom is 0.0960 e. The molecule has 0 amide bonds. The molecule has 0 unspecified atom stereocenters. The highest BCUT2D eigenvalue weighted by Gasteiger charge is 2.11. The molecule has 0 aliphatic rings. The van der Waals surface area contributed by atoms with Gasteiger partial charge >= 0.3 is 0 Å². The number of aromatic nitrogens is 5. The van der Waals surface area contributed by atoms with Crippen LogP contribution >= 0.6 is 0 Å². The van der Waals surface area contributed by atoms with E-state index in [9.17, 15) is 0 Å². The summed E-state index contributed by atoms with van der Waals surface area (Å²) in [5.41, 5.74) is 6.23. The Labute approximate surface area is 111 Å². The van der Waals surface area contributed by atoms with Gasteiger partial charge in [-0.05, 0) is 39.8 Å². The highest BCUT2D eigenvalue weighted by Crippen LogP contribution is 2.20. The number of aromatic amines is 1. The topological polar surface area (TPSA) is 59.4 Å². The van der Waals surface area contributed by atoms with Crippen molar-refractivity contribution in [3.8, 4) is 0 Å². The van der Waals surface area contributed by atoms with Gasteiger partial charge in [-0.15, -0.1) is 0 Å². The van der Waals surface area contributed by atoms with Crippen LogP contribution in [-0.4, -0.2) is 25.0 Å². The van der Waals surface area contributed by atoms with Crippen LogP contribution in [-0.2, 0) is 6.54 Å². The largest absolute Gasteiger partial charge is 0.279 e. The molecule has 0 saturated carbocycles. The highest BCUT2D eigenvalue weighted by molar-refractivity contribution is 5.83. The normalized spacial score (nSPS) is 11.4. The zero-order valence-electron chi connectivity index (χ0n) is 11.7. The quantitative estimate of drug-likeness (QED) is 0.765. The zero-order valence-corrected chi connectivity index (χ0v) is 11.7. The zero-order chi connectivity index (χ0) is 13.6. The number of pyridine rings is 1. The van der Waals surface area contributed by atoms with Crippen LogP contribution in [0.5, 0.6) is 0 Å². The molecular formula is C14H17N5. The summed E-state index contributed by atoms with van der Waals surface area (Å²) < 4.78 is 1.99. The first-order chi connectivity index (χ1) is 9.04. The third kappa shape index (κ3) is 2.01. The van der Waals surface area contributed by atoms with E-state index >= 15 is 0 Å². The average molecular weight is 255 g/mol. The van der Waals surface area contributed by atoms with E-state index in [2.05, 4.69) is 33.3 Å². The Morgan fingerprint density at radius 2 is 1.89 bits per heavy atom. The van der Waals surface area contributed by atoms with Crippen LogP contribution in [0, 0.1) is 27.7 Å². The van der Waals surface area contributed by atoms with E-state index in [-0.39, 0.29) is 0 Å². The Morgan fingerprint density at radius 1 is 1.11 bits per heavy atom.